The molecule has 1 spiro atoms. The minimum Gasteiger partial charge on any atom is -0.469 e. The van der Waals surface area contributed by atoms with Crippen LogP contribution in [0.4, 0.5) is 0 Å². The predicted molar refractivity (Wildman–Crippen MR) is 116 cm³/mol. The van der Waals surface area contributed by atoms with Crippen LogP contribution < -0.4 is 0 Å². The number of esters is 3. The zero-order chi connectivity index (χ0) is 24.3. The number of hydrogen-bond donors (Lipinski definition) is 2. The first-order chi connectivity index (χ1) is 15.5. The second-order valence-corrected chi connectivity index (χ2v) is 11.5. The van der Waals surface area contributed by atoms with Crippen molar-refractivity contribution in [3.63, 3.8) is 0 Å². The van der Waals surface area contributed by atoms with Gasteiger partial charge in [0.2, 0.25) is 6.29 Å². The minimum atomic E-state index is -1.59. The summed E-state index contributed by atoms with van der Waals surface area (Å²) in [7, 11) is 1.27. The van der Waals surface area contributed by atoms with Crippen LogP contribution in [-0.4, -0.2) is 53.7 Å². The summed E-state index contributed by atoms with van der Waals surface area (Å²) in [6, 6.07) is 0. The number of ether oxygens (including phenoxy) is 3. The Balaban J connectivity index is 1.90. The van der Waals surface area contributed by atoms with Crippen molar-refractivity contribution in [1.82, 2.24) is 0 Å². The summed E-state index contributed by atoms with van der Waals surface area (Å²) in [6.45, 7) is 8.31. The highest BCUT2D eigenvalue weighted by Crippen LogP contribution is 2.72. The van der Waals surface area contributed by atoms with Crippen LogP contribution in [0.5, 0.6) is 0 Å². The van der Waals surface area contributed by atoms with Crippen molar-refractivity contribution in [1.29, 1.82) is 0 Å². The van der Waals surface area contributed by atoms with Gasteiger partial charge in [-0.05, 0) is 48.9 Å². The number of carbonyl (C=O) groups excluding carboxylic acids is 3. The average molecular weight is 467 g/mol. The molecule has 0 radical (unpaired) electrons. The highest BCUT2D eigenvalue weighted by molar-refractivity contribution is 5.85. The Morgan fingerprint density at radius 2 is 1.85 bits per heavy atom. The SMILES string of the molecule is CCCC(=O)O[C@H]1[C@@H](O)[C@@]23C(O)OC(=O)[C@@H]2[C@H](C(=O)OC)CCC3[C@@]2(C)CCCC(C)(C)[C@H]12. The van der Waals surface area contributed by atoms with Crippen LogP contribution in [-0.2, 0) is 28.6 Å². The monoisotopic (exact) mass is 466 g/mol. The minimum absolute atomic E-state index is 0.164. The van der Waals surface area contributed by atoms with Crippen molar-refractivity contribution in [3.05, 3.63) is 0 Å². The van der Waals surface area contributed by atoms with E-state index in [4.69, 9.17) is 14.2 Å². The second-order valence-electron chi connectivity index (χ2n) is 11.5. The molecule has 0 aromatic carbocycles. The first kappa shape index (κ1) is 24.5. The molecule has 1 aliphatic heterocycles. The maximum Gasteiger partial charge on any atom is 0.313 e. The molecule has 3 aliphatic carbocycles. The molecule has 8 nitrogen and oxygen atoms in total. The summed E-state index contributed by atoms with van der Waals surface area (Å²) in [6.07, 6.45) is 0.633. The van der Waals surface area contributed by atoms with E-state index in [0.717, 1.165) is 19.3 Å². The third-order valence-corrected chi connectivity index (χ3v) is 9.48. The van der Waals surface area contributed by atoms with E-state index >= 15 is 0 Å². The van der Waals surface area contributed by atoms with E-state index in [9.17, 15) is 24.6 Å². The van der Waals surface area contributed by atoms with Gasteiger partial charge in [0.15, 0.2) is 0 Å². The number of aliphatic hydroxyl groups excluding tert-OH is 2. The molecule has 1 saturated heterocycles. The Bertz CT molecular complexity index is 823. The first-order valence-electron chi connectivity index (χ1n) is 12.3. The fraction of sp³-hybridized carbons (Fsp3) is 0.880. The molecule has 9 atom stereocenters. The van der Waals surface area contributed by atoms with E-state index in [-0.39, 0.29) is 23.7 Å². The molecule has 0 amide bonds. The molecule has 0 aromatic heterocycles. The van der Waals surface area contributed by atoms with Gasteiger partial charge in [-0.3, -0.25) is 14.4 Å². The van der Waals surface area contributed by atoms with Crippen molar-refractivity contribution in [2.75, 3.05) is 7.11 Å². The quantitative estimate of drug-likeness (QED) is 0.479. The maximum atomic E-state index is 13.1. The maximum absolute atomic E-state index is 13.1. The Labute approximate surface area is 195 Å². The van der Waals surface area contributed by atoms with Gasteiger partial charge < -0.3 is 24.4 Å². The van der Waals surface area contributed by atoms with E-state index in [1.54, 1.807) is 0 Å². The summed E-state index contributed by atoms with van der Waals surface area (Å²) in [5, 5.41) is 23.2. The molecule has 3 saturated carbocycles. The van der Waals surface area contributed by atoms with Crippen LogP contribution in [0.1, 0.15) is 72.6 Å². The Morgan fingerprint density at radius 1 is 1.15 bits per heavy atom. The molecule has 8 heteroatoms. The average Bonchev–Trinajstić information content (AvgIpc) is 3.01. The Kier molecular flexibility index (Phi) is 6.09. The highest BCUT2D eigenvalue weighted by Gasteiger charge is 2.78. The van der Waals surface area contributed by atoms with Crippen LogP contribution in [0.15, 0.2) is 0 Å². The molecule has 0 bridgehead atoms. The van der Waals surface area contributed by atoms with Crippen molar-refractivity contribution in [2.24, 2.45) is 39.9 Å². The summed E-state index contributed by atoms with van der Waals surface area (Å²) < 4.78 is 16.3. The number of fused-ring (bicyclic) bond motifs is 2. The van der Waals surface area contributed by atoms with E-state index < -0.39 is 59.1 Å². The molecular formula is C25H38O8. The van der Waals surface area contributed by atoms with Crippen LogP contribution in [0.3, 0.4) is 0 Å². The molecule has 2 N–H and O–H groups in total. The molecule has 0 aromatic rings. The van der Waals surface area contributed by atoms with Crippen molar-refractivity contribution in [3.8, 4) is 0 Å². The molecule has 186 valence electrons. The third-order valence-electron chi connectivity index (χ3n) is 9.48. The topological polar surface area (TPSA) is 119 Å². The summed E-state index contributed by atoms with van der Waals surface area (Å²) in [5.41, 5.74) is -2.09. The second kappa shape index (κ2) is 8.22. The fourth-order valence-electron chi connectivity index (χ4n) is 8.50. The number of rotatable bonds is 4. The van der Waals surface area contributed by atoms with E-state index in [1.807, 2.05) is 6.92 Å². The number of aliphatic hydroxyl groups is 2. The van der Waals surface area contributed by atoms with E-state index in [2.05, 4.69) is 20.8 Å². The Morgan fingerprint density at radius 3 is 2.48 bits per heavy atom. The van der Waals surface area contributed by atoms with Crippen molar-refractivity contribution >= 4 is 17.9 Å². The summed E-state index contributed by atoms with van der Waals surface area (Å²) >= 11 is 0. The van der Waals surface area contributed by atoms with Gasteiger partial charge in [-0.2, -0.15) is 0 Å². The van der Waals surface area contributed by atoms with Crippen LogP contribution in [0.2, 0.25) is 0 Å². The predicted octanol–water partition coefficient (Wildman–Crippen LogP) is 2.58. The lowest BCUT2D eigenvalue weighted by Gasteiger charge is -2.68. The van der Waals surface area contributed by atoms with Gasteiger partial charge in [0.05, 0.1) is 24.4 Å². The number of cyclic esters (lactones) is 1. The summed E-state index contributed by atoms with van der Waals surface area (Å²) in [5.74, 6) is -3.97. The van der Waals surface area contributed by atoms with Crippen LogP contribution in [0, 0.1) is 39.9 Å². The van der Waals surface area contributed by atoms with Crippen LogP contribution in [0.25, 0.3) is 0 Å². The van der Waals surface area contributed by atoms with Gasteiger partial charge in [0, 0.05) is 12.3 Å². The fourth-order valence-corrected chi connectivity index (χ4v) is 8.50. The lowest BCUT2D eigenvalue weighted by atomic mass is 9.37. The number of hydrogen-bond acceptors (Lipinski definition) is 8. The van der Waals surface area contributed by atoms with E-state index in [0.29, 0.717) is 19.3 Å². The molecule has 4 fully saturated rings. The number of carbonyl (C=O) groups is 3. The standard InChI is InChI=1S/C25H38O8/c1-6-8-15(26)32-17-18-23(2,3)11-7-12-24(18,4)14-10-9-13(20(28)31-5)16-21(29)33-22(30)25(14,16)19(17)27/h13-14,16-19,22,27,30H,6-12H2,1-5H3/t13-,14?,16+,17-,18+,19-,22?,24-,25+/m1/s1. The normalized spacial score (nSPS) is 45.8. The van der Waals surface area contributed by atoms with E-state index in [1.165, 1.54) is 7.11 Å². The van der Waals surface area contributed by atoms with Crippen molar-refractivity contribution < 1.29 is 38.8 Å². The third kappa shape index (κ3) is 3.27. The molecule has 4 rings (SSSR count). The first-order valence-corrected chi connectivity index (χ1v) is 12.3. The Hall–Kier alpha value is -1.67. The zero-order valence-corrected chi connectivity index (χ0v) is 20.3. The van der Waals surface area contributed by atoms with Gasteiger partial charge >= 0.3 is 17.9 Å². The molecular weight excluding hydrogens is 428 g/mol. The lowest BCUT2D eigenvalue weighted by Crippen LogP contribution is -2.73. The van der Waals surface area contributed by atoms with Crippen molar-refractivity contribution in [2.45, 2.75) is 91.1 Å². The largest absolute Gasteiger partial charge is 0.469 e. The smallest absolute Gasteiger partial charge is 0.313 e. The van der Waals surface area contributed by atoms with Gasteiger partial charge in [0.25, 0.3) is 0 Å². The molecule has 4 aliphatic rings. The van der Waals surface area contributed by atoms with Gasteiger partial charge in [-0.1, -0.05) is 34.1 Å². The zero-order valence-electron chi connectivity index (χ0n) is 20.3. The molecule has 2 unspecified atom stereocenters. The van der Waals surface area contributed by atoms with Gasteiger partial charge in [-0.15, -0.1) is 0 Å². The molecule has 1 heterocycles. The number of methoxy groups -OCH3 is 1. The lowest BCUT2D eigenvalue weighted by molar-refractivity contribution is -0.306. The molecule has 33 heavy (non-hydrogen) atoms. The highest BCUT2D eigenvalue weighted by atomic mass is 16.6. The van der Waals surface area contributed by atoms with Gasteiger partial charge in [-0.25, -0.2) is 0 Å². The summed E-state index contributed by atoms with van der Waals surface area (Å²) in [4.78, 5) is 38.4. The van der Waals surface area contributed by atoms with Gasteiger partial charge in [0.1, 0.15) is 12.2 Å². The van der Waals surface area contributed by atoms with Crippen LogP contribution >= 0.6 is 0 Å².